The summed E-state index contributed by atoms with van der Waals surface area (Å²) in [5.74, 6) is -0.129. The van der Waals surface area contributed by atoms with Crippen LogP contribution in [0.1, 0.15) is 26.5 Å². The van der Waals surface area contributed by atoms with Gasteiger partial charge in [-0.2, -0.15) is 4.98 Å². The third-order valence-electron chi connectivity index (χ3n) is 2.52. The van der Waals surface area contributed by atoms with E-state index in [0.29, 0.717) is 16.7 Å². The fourth-order valence-electron chi connectivity index (χ4n) is 1.78. The van der Waals surface area contributed by atoms with Crippen molar-refractivity contribution in [2.45, 2.75) is 33.2 Å². The van der Waals surface area contributed by atoms with E-state index in [1.54, 1.807) is 11.5 Å². The van der Waals surface area contributed by atoms with Crippen molar-refractivity contribution in [3.8, 4) is 0 Å². The van der Waals surface area contributed by atoms with Crippen LogP contribution in [0.3, 0.4) is 0 Å². The maximum absolute atomic E-state index is 13.8. The maximum atomic E-state index is 13.8. The molecule has 2 N–H and O–H groups in total. The lowest BCUT2D eigenvalue weighted by molar-refractivity contribution is 0.404. The molecule has 16 heavy (non-hydrogen) atoms. The van der Waals surface area contributed by atoms with E-state index >= 15 is 0 Å². The number of fused-ring (bicyclic) bond motifs is 1. The second-order valence-corrected chi connectivity index (χ2v) is 4.88. The Morgan fingerprint density at radius 2 is 1.94 bits per heavy atom. The van der Waals surface area contributed by atoms with Gasteiger partial charge >= 0.3 is 0 Å². The largest absolute Gasteiger partial charge is 0.368 e. The van der Waals surface area contributed by atoms with Crippen LogP contribution >= 0.6 is 0 Å². The number of nitrogens with two attached hydrogens (primary N) is 1. The Morgan fingerprint density at radius 3 is 2.50 bits per heavy atom. The molecule has 4 nitrogen and oxygen atoms in total. The fraction of sp³-hybridized carbons (Fsp3) is 0.455. The minimum atomic E-state index is -0.303. The number of nitrogen functional groups attached to an aromatic ring is 1. The highest BCUT2D eigenvalue weighted by atomic mass is 19.1. The van der Waals surface area contributed by atoms with E-state index in [1.807, 2.05) is 20.8 Å². The molecule has 0 fully saturated rings. The highest BCUT2D eigenvalue weighted by Gasteiger charge is 2.21. The first kappa shape index (κ1) is 10.9. The maximum Gasteiger partial charge on any atom is 0.222 e. The first-order valence-corrected chi connectivity index (χ1v) is 5.12. The van der Waals surface area contributed by atoms with Crippen LogP contribution in [0.5, 0.6) is 0 Å². The summed E-state index contributed by atoms with van der Waals surface area (Å²) in [7, 11) is 0. The molecule has 0 amide bonds. The molecule has 0 aliphatic carbocycles. The standard InChI is InChI=1S/C11H15FN4/c1-6-8-7(12)5-16(11(2,3)4)9(8)15-10(13)14-6/h5H,1-4H3,(H2,13,14,15). The highest BCUT2D eigenvalue weighted by Crippen LogP contribution is 2.27. The van der Waals surface area contributed by atoms with Crippen molar-refractivity contribution in [1.29, 1.82) is 0 Å². The van der Waals surface area contributed by atoms with Gasteiger partial charge in [0.1, 0.15) is 5.65 Å². The van der Waals surface area contributed by atoms with Crippen molar-refractivity contribution >= 4 is 17.0 Å². The molecule has 0 unspecified atom stereocenters. The number of anilines is 1. The van der Waals surface area contributed by atoms with Crippen LogP contribution in [-0.2, 0) is 5.54 Å². The fourth-order valence-corrected chi connectivity index (χ4v) is 1.78. The molecule has 2 rings (SSSR count). The normalized spacial score (nSPS) is 12.3. The van der Waals surface area contributed by atoms with E-state index in [4.69, 9.17) is 5.73 Å². The van der Waals surface area contributed by atoms with Crippen LogP contribution in [0.4, 0.5) is 10.3 Å². The van der Waals surface area contributed by atoms with Crippen LogP contribution in [0, 0.1) is 12.7 Å². The minimum absolute atomic E-state index is 0.175. The van der Waals surface area contributed by atoms with E-state index in [1.165, 1.54) is 6.20 Å². The molecule has 2 aromatic heterocycles. The van der Waals surface area contributed by atoms with E-state index in [-0.39, 0.29) is 17.3 Å². The van der Waals surface area contributed by atoms with E-state index < -0.39 is 0 Å². The van der Waals surface area contributed by atoms with Crippen LogP contribution in [0.2, 0.25) is 0 Å². The number of hydrogen-bond acceptors (Lipinski definition) is 3. The predicted octanol–water partition coefficient (Wildman–Crippen LogP) is 2.22. The van der Waals surface area contributed by atoms with Gasteiger partial charge in [-0.25, -0.2) is 9.37 Å². The average molecular weight is 222 g/mol. The Labute approximate surface area is 93.3 Å². The molecule has 0 atom stereocenters. The van der Waals surface area contributed by atoms with E-state index in [9.17, 15) is 4.39 Å². The highest BCUT2D eigenvalue weighted by molar-refractivity contribution is 5.80. The van der Waals surface area contributed by atoms with Gasteiger partial charge in [0.25, 0.3) is 0 Å². The molecule has 0 aliphatic heterocycles. The predicted molar refractivity (Wildman–Crippen MR) is 61.6 cm³/mol. The molecule has 0 aromatic carbocycles. The summed E-state index contributed by atoms with van der Waals surface area (Å²) >= 11 is 0. The van der Waals surface area contributed by atoms with Crippen LogP contribution in [0.15, 0.2) is 6.20 Å². The van der Waals surface area contributed by atoms with E-state index in [0.717, 1.165) is 0 Å². The first-order chi connectivity index (χ1) is 7.30. The molecule has 0 spiro atoms. The minimum Gasteiger partial charge on any atom is -0.368 e. The molecule has 0 saturated heterocycles. The monoisotopic (exact) mass is 222 g/mol. The SMILES string of the molecule is Cc1nc(N)nc2c1c(F)cn2C(C)(C)C. The third kappa shape index (κ3) is 1.52. The molecular weight excluding hydrogens is 207 g/mol. The van der Waals surface area contributed by atoms with Crippen molar-refractivity contribution in [2.24, 2.45) is 0 Å². The van der Waals surface area contributed by atoms with Gasteiger partial charge in [0.15, 0.2) is 5.82 Å². The first-order valence-electron chi connectivity index (χ1n) is 5.12. The van der Waals surface area contributed by atoms with Crippen molar-refractivity contribution in [3.05, 3.63) is 17.7 Å². The van der Waals surface area contributed by atoms with Crippen molar-refractivity contribution in [2.75, 3.05) is 5.73 Å². The summed E-state index contributed by atoms with van der Waals surface area (Å²) in [5.41, 5.74) is 6.47. The van der Waals surface area contributed by atoms with Crippen molar-refractivity contribution in [3.63, 3.8) is 0 Å². The lowest BCUT2D eigenvalue weighted by Gasteiger charge is -2.21. The summed E-state index contributed by atoms with van der Waals surface area (Å²) in [5, 5.41) is 0.448. The topological polar surface area (TPSA) is 56.7 Å². The molecule has 2 heterocycles. The van der Waals surface area contributed by atoms with Gasteiger partial charge in [-0.05, 0) is 27.7 Å². The number of nitrogens with zero attached hydrogens (tertiary/aromatic N) is 3. The lowest BCUT2D eigenvalue weighted by atomic mass is 10.1. The summed E-state index contributed by atoms with van der Waals surface area (Å²) < 4.78 is 15.6. The van der Waals surface area contributed by atoms with Gasteiger partial charge in [0.05, 0.1) is 11.1 Å². The van der Waals surface area contributed by atoms with E-state index in [2.05, 4.69) is 9.97 Å². The molecule has 2 aromatic rings. The van der Waals surface area contributed by atoms with Gasteiger partial charge in [-0.3, -0.25) is 0 Å². The summed E-state index contributed by atoms with van der Waals surface area (Å²) in [4.78, 5) is 8.08. The van der Waals surface area contributed by atoms with Gasteiger partial charge in [-0.15, -0.1) is 0 Å². The number of aromatic nitrogens is 3. The quantitative estimate of drug-likeness (QED) is 0.743. The molecular formula is C11H15FN4. The second-order valence-electron chi connectivity index (χ2n) is 4.88. The Balaban J connectivity index is 2.89. The molecule has 5 heteroatoms. The van der Waals surface area contributed by atoms with Crippen LogP contribution in [0.25, 0.3) is 11.0 Å². The molecule has 0 radical (unpaired) electrons. The van der Waals surface area contributed by atoms with Crippen LogP contribution < -0.4 is 5.73 Å². The Hall–Kier alpha value is -1.65. The lowest BCUT2D eigenvalue weighted by Crippen LogP contribution is -2.21. The Bertz CT molecular complexity index is 551. The summed E-state index contributed by atoms with van der Waals surface area (Å²) in [6, 6.07) is 0. The van der Waals surface area contributed by atoms with Gasteiger partial charge in [-0.1, -0.05) is 0 Å². The van der Waals surface area contributed by atoms with Gasteiger partial charge in [0.2, 0.25) is 5.95 Å². The van der Waals surface area contributed by atoms with Gasteiger partial charge < -0.3 is 10.3 Å². The Morgan fingerprint density at radius 1 is 1.31 bits per heavy atom. The number of halogens is 1. The Kier molecular flexibility index (Phi) is 2.15. The zero-order valence-electron chi connectivity index (χ0n) is 9.87. The summed E-state index contributed by atoms with van der Waals surface area (Å²) in [6.07, 6.45) is 1.45. The third-order valence-corrected chi connectivity index (χ3v) is 2.52. The zero-order chi connectivity index (χ0) is 12.1. The molecule has 0 aliphatic rings. The van der Waals surface area contributed by atoms with Gasteiger partial charge in [0, 0.05) is 11.7 Å². The van der Waals surface area contributed by atoms with Crippen LogP contribution in [-0.4, -0.2) is 14.5 Å². The number of aryl methyl sites for hydroxylation is 1. The second kappa shape index (κ2) is 3.17. The average Bonchev–Trinajstić information content (AvgIpc) is 2.41. The smallest absolute Gasteiger partial charge is 0.222 e. The molecule has 0 saturated carbocycles. The van der Waals surface area contributed by atoms with Crippen molar-refractivity contribution < 1.29 is 4.39 Å². The zero-order valence-corrected chi connectivity index (χ0v) is 9.87. The number of hydrogen-bond donors (Lipinski definition) is 1. The summed E-state index contributed by atoms with van der Waals surface area (Å²) in [6.45, 7) is 7.69. The number of rotatable bonds is 0. The van der Waals surface area contributed by atoms with Crippen molar-refractivity contribution in [1.82, 2.24) is 14.5 Å². The molecule has 86 valence electrons. The molecule has 0 bridgehead atoms.